The third-order valence-corrected chi connectivity index (χ3v) is 5.64. The van der Waals surface area contributed by atoms with Crippen LogP contribution in [0.15, 0.2) is 45.6 Å². The smallest absolute Gasteiger partial charge is 0.275 e. The molecule has 0 bridgehead atoms. The first-order valence-corrected chi connectivity index (χ1v) is 9.63. The van der Waals surface area contributed by atoms with Crippen LogP contribution in [-0.4, -0.2) is 12.6 Å². The van der Waals surface area contributed by atoms with Crippen molar-refractivity contribution in [1.82, 2.24) is 0 Å². The number of aromatic amines is 1. The number of hydrogen-bond acceptors (Lipinski definition) is 6. The Hall–Kier alpha value is -3.19. The lowest BCUT2D eigenvalue weighted by Gasteiger charge is -2.12. The highest BCUT2D eigenvalue weighted by atomic mass is 32.1. The highest BCUT2D eigenvalue weighted by Gasteiger charge is 2.23. The first kappa shape index (κ1) is 18.2. The van der Waals surface area contributed by atoms with E-state index in [0.29, 0.717) is 34.5 Å². The van der Waals surface area contributed by atoms with Gasteiger partial charge in [0.25, 0.3) is 5.01 Å². The monoisotopic (exact) mass is 395 g/mol. The Morgan fingerprint density at radius 2 is 2.07 bits per heavy atom. The summed E-state index contributed by atoms with van der Waals surface area (Å²) in [6.07, 6.45) is 0.579. The van der Waals surface area contributed by atoms with Crippen molar-refractivity contribution in [3.8, 4) is 16.3 Å². The van der Waals surface area contributed by atoms with Crippen LogP contribution >= 0.6 is 11.3 Å². The average Bonchev–Trinajstić information content (AvgIpc) is 3.09. The predicted molar refractivity (Wildman–Crippen MR) is 104 cm³/mol. The zero-order valence-corrected chi connectivity index (χ0v) is 16.1. The lowest BCUT2D eigenvalue weighted by atomic mass is 10.1. The van der Waals surface area contributed by atoms with Crippen molar-refractivity contribution >= 4 is 38.5 Å². The summed E-state index contributed by atoms with van der Waals surface area (Å²) in [6, 6.07) is 11.1. The Bertz CT molecular complexity index is 1240. The molecular weight excluding hydrogens is 378 g/mol. The summed E-state index contributed by atoms with van der Waals surface area (Å²) in [4.78, 5) is 27.3. The van der Waals surface area contributed by atoms with Gasteiger partial charge in [-0.05, 0) is 31.0 Å². The highest BCUT2D eigenvalue weighted by molar-refractivity contribution is 7.21. The molecule has 0 spiro atoms. The number of H-pyrrole nitrogens is 1. The van der Waals surface area contributed by atoms with Gasteiger partial charge in [-0.25, -0.2) is 0 Å². The fourth-order valence-electron chi connectivity index (χ4n) is 3.22. The minimum atomic E-state index is -1.31. The summed E-state index contributed by atoms with van der Waals surface area (Å²) in [6.45, 7) is 3.09. The number of carboxylic acids is 1. The molecule has 2 aromatic carbocycles. The number of ether oxygens (including phenoxy) is 1. The van der Waals surface area contributed by atoms with Gasteiger partial charge in [0.15, 0.2) is 0 Å². The fourth-order valence-corrected chi connectivity index (χ4v) is 4.31. The van der Waals surface area contributed by atoms with E-state index in [9.17, 15) is 14.7 Å². The highest BCUT2D eigenvalue weighted by Crippen LogP contribution is 2.31. The summed E-state index contributed by atoms with van der Waals surface area (Å²) < 4.78 is 12.3. The summed E-state index contributed by atoms with van der Waals surface area (Å²) in [5.74, 6) is -0.450. The van der Waals surface area contributed by atoms with Crippen LogP contribution in [0.5, 0.6) is 5.75 Å². The van der Waals surface area contributed by atoms with Gasteiger partial charge < -0.3 is 19.1 Å². The van der Waals surface area contributed by atoms with E-state index in [2.05, 4.69) is 4.98 Å². The van der Waals surface area contributed by atoms with Crippen molar-refractivity contribution in [3.63, 3.8) is 0 Å². The Balaban J connectivity index is 1.91. The van der Waals surface area contributed by atoms with E-state index < -0.39 is 12.6 Å². The van der Waals surface area contributed by atoms with Gasteiger partial charge in [0.1, 0.15) is 34.0 Å². The average molecular weight is 395 g/mol. The molecule has 6 nitrogen and oxygen atoms in total. The van der Waals surface area contributed by atoms with Crippen LogP contribution in [-0.2, 0) is 11.2 Å². The minimum absolute atomic E-state index is 0.136. The van der Waals surface area contributed by atoms with Crippen molar-refractivity contribution in [2.45, 2.75) is 20.3 Å². The van der Waals surface area contributed by atoms with Crippen molar-refractivity contribution < 1.29 is 24.0 Å². The van der Waals surface area contributed by atoms with E-state index in [1.165, 1.54) is 11.3 Å². The molecule has 142 valence electrons. The minimum Gasteiger partial charge on any atom is -0.546 e. The van der Waals surface area contributed by atoms with Crippen LogP contribution < -0.4 is 20.3 Å². The molecule has 1 N–H and O–H groups in total. The second-order valence-electron chi connectivity index (χ2n) is 6.39. The van der Waals surface area contributed by atoms with Crippen molar-refractivity contribution in [1.29, 1.82) is 0 Å². The number of thiazole rings is 1. The van der Waals surface area contributed by atoms with E-state index in [4.69, 9.17) is 9.15 Å². The maximum Gasteiger partial charge on any atom is 0.275 e. The molecule has 4 rings (SSSR count). The molecule has 0 unspecified atom stereocenters. The number of aromatic nitrogens is 1. The van der Waals surface area contributed by atoms with E-state index in [0.717, 1.165) is 20.8 Å². The quantitative estimate of drug-likeness (QED) is 0.517. The van der Waals surface area contributed by atoms with Crippen molar-refractivity contribution in [2.75, 3.05) is 6.61 Å². The lowest BCUT2D eigenvalue weighted by Crippen LogP contribution is -2.29. The molecule has 0 aliphatic heterocycles. The molecule has 4 aromatic rings. The molecule has 0 atom stereocenters. The van der Waals surface area contributed by atoms with Gasteiger partial charge in [0.2, 0.25) is 10.9 Å². The SMILES string of the molecule is CCc1cc2c(=O)c(-c3[nH+]c4ccccc4s3)c(C)oc2cc1OCC(=O)[O-]. The van der Waals surface area contributed by atoms with Gasteiger partial charge in [-0.2, -0.15) is 4.98 Å². The molecular formula is C21H17NO5S. The second-order valence-corrected chi connectivity index (χ2v) is 7.44. The Morgan fingerprint density at radius 3 is 2.79 bits per heavy atom. The van der Waals surface area contributed by atoms with Gasteiger partial charge in [0, 0.05) is 12.1 Å². The number of rotatable bonds is 5. The van der Waals surface area contributed by atoms with Crippen molar-refractivity contribution in [2.24, 2.45) is 0 Å². The van der Waals surface area contributed by atoms with Crippen LogP contribution in [0, 0.1) is 6.92 Å². The standard InChI is InChI=1S/C21H17NO5S/c1-3-12-8-13-16(9-15(12)26-10-18(23)24)27-11(2)19(20(13)25)21-22-14-6-4-5-7-17(14)28-21/h4-9H,3,10H2,1-2H3,(H,23,24). The number of benzene rings is 2. The molecule has 2 aromatic heterocycles. The van der Waals surface area contributed by atoms with E-state index in [1.54, 1.807) is 19.1 Å². The summed E-state index contributed by atoms with van der Waals surface area (Å²) in [5, 5.41) is 11.9. The second kappa shape index (κ2) is 7.09. The number of carbonyl (C=O) groups is 1. The molecule has 0 saturated carbocycles. The Labute approximate surface area is 164 Å². The topological polar surface area (TPSA) is 93.7 Å². The van der Waals surface area contributed by atoms with E-state index in [1.807, 2.05) is 31.2 Å². The van der Waals surface area contributed by atoms with Gasteiger partial charge in [0.05, 0.1) is 11.4 Å². The first-order chi connectivity index (χ1) is 13.5. The molecule has 2 heterocycles. The Kier molecular flexibility index (Phi) is 4.60. The van der Waals surface area contributed by atoms with Gasteiger partial charge in [-0.3, -0.25) is 4.79 Å². The summed E-state index contributed by atoms with van der Waals surface area (Å²) >= 11 is 1.50. The number of nitrogens with one attached hydrogen (secondary N) is 1. The number of carbonyl (C=O) groups excluding carboxylic acids is 1. The number of carboxylic acid groups (broad SMARTS) is 1. The number of fused-ring (bicyclic) bond motifs is 2. The van der Waals surface area contributed by atoms with Crippen LogP contribution in [0.2, 0.25) is 0 Å². The number of aryl methyl sites for hydroxylation is 2. The normalized spacial score (nSPS) is 11.2. The van der Waals surface area contributed by atoms with E-state index >= 15 is 0 Å². The molecule has 28 heavy (non-hydrogen) atoms. The maximum atomic E-state index is 13.3. The third-order valence-electron chi connectivity index (χ3n) is 4.55. The third kappa shape index (κ3) is 3.14. The zero-order chi connectivity index (χ0) is 19.8. The van der Waals surface area contributed by atoms with Gasteiger partial charge in [-0.1, -0.05) is 30.4 Å². The van der Waals surface area contributed by atoms with Crippen LogP contribution in [0.3, 0.4) is 0 Å². The van der Waals surface area contributed by atoms with Crippen LogP contribution in [0.4, 0.5) is 0 Å². The number of hydrogen-bond donors (Lipinski definition) is 0. The zero-order valence-electron chi connectivity index (χ0n) is 15.3. The van der Waals surface area contributed by atoms with Crippen LogP contribution in [0.1, 0.15) is 18.2 Å². The summed E-state index contributed by atoms with van der Waals surface area (Å²) in [7, 11) is 0. The van der Waals surface area contributed by atoms with Crippen LogP contribution in [0.25, 0.3) is 31.8 Å². The first-order valence-electron chi connectivity index (χ1n) is 8.82. The predicted octanol–water partition coefficient (Wildman–Crippen LogP) is 2.49. The molecule has 7 heteroatoms. The molecule has 0 radical (unpaired) electrons. The molecule has 0 aliphatic rings. The van der Waals surface area contributed by atoms with Gasteiger partial charge >= 0.3 is 0 Å². The molecule has 0 amide bonds. The van der Waals surface area contributed by atoms with Crippen molar-refractivity contribution in [3.05, 3.63) is 57.9 Å². The van der Waals surface area contributed by atoms with E-state index in [-0.39, 0.29) is 5.43 Å². The van der Waals surface area contributed by atoms with Gasteiger partial charge in [-0.15, -0.1) is 0 Å². The largest absolute Gasteiger partial charge is 0.546 e. The summed E-state index contributed by atoms with van der Waals surface area (Å²) in [5.41, 5.74) is 2.41. The number of para-hydroxylation sites is 1. The lowest BCUT2D eigenvalue weighted by molar-refractivity contribution is -0.325. The molecule has 0 fully saturated rings. The fraction of sp³-hybridized carbons (Fsp3) is 0.190. The Morgan fingerprint density at radius 1 is 1.29 bits per heavy atom. The molecule has 0 aliphatic carbocycles. The number of aliphatic carboxylic acids is 1. The maximum absolute atomic E-state index is 13.3. The molecule has 0 saturated heterocycles.